The zero-order valence-electron chi connectivity index (χ0n) is 10.0. The second-order valence-corrected chi connectivity index (χ2v) is 4.55. The van der Waals surface area contributed by atoms with E-state index < -0.39 is 0 Å². The quantitative estimate of drug-likeness (QED) is 0.770. The maximum absolute atomic E-state index is 11.6. The summed E-state index contributed by atoms with van der Waals surface area (Å²) in [5.74, 6) is 0.672. The van der Waals surface area contributed by atoms with Crippen LogP contribution in [0.15, 0.2) is 12.5 Å². The third-order valence-electron chi connectivity index (χ3n) is 3.40. The number of carbonyl (C=O) groups excluding carboxylic acids is 1. The summed E-state index contributed by atoms with van der Waals surface area (Å²) < 4.78 is 2.04. The van der Waals surface area contributed by atoms with Gasteiger partial charge in [-0.2, -0.15) is 0 Å². The van der Waals surface area contributed by atoms with Crippen LogP contribution in [0.1, 0.15) is 25.5 Å². The van der Waals surface area contributed by atoms with E-state index >= 15 is 0 Å². The first-order valence-electron chi connectivity index (χ1n) is 5.91. The second kappa shape index (κ2) is 4.78. The highest BCUT2D eigenvalue weighted by atomic mass is 16.1. The van der Waals surface area contributed by atoms with Crippen molar-refractivity contribution >= 4 is 5.78 Å². The Balaban J connectivity index is 1.97. The number of piperidine rings is 1. The van der Waals surface area contributed by atoms with Crippen molar-refractivity contribution in [2.75, 3.05) is 13.1 Å². The van der Waals surface area contributed by atoms with Gasteiger partial charge in [-0.3, -0.25) is 9.69 Å². The molecular weight excluding hydrogens is 202 g/mol. The molecule has 0 radical (unpaired) electrons. The predicted octanol–water partition coefficient (Wildman–Crippen LogP) is 1.22. The van der Waals surface area contributed by atoms with Crippen LogP contribution < -0.4 is 0 Å². The van der Waals surface area contributed by atoms with E-state index in [0.29, 0.717) is 12.2 Å². The van der Waals surface area contributed by atoms with E-state index in [2.05, 4.69) is 16.8 Å². The molecule has 1 unspecified atom stereocenters. The minimum atomic E-state index is 0.238. The smallest absolute Gasteiger partial charge is 0.138 e. The van der Waals surface area contributed by atoms with E-state index in [1.54, 1.807) is 0 Å². The number of hydrogen-bond acceptors (Lipinski definition) is 3. The highest BCUT2D eigenvalue weighted by Crippen LogP contribution is 2.17. The average molecular weight is 221 g/mol. The molecular formula is C12H19N3O. The molecule has 0 aromatic carbocycles. The average Bonchev–Trinajstić information content (AvgIpc) is 2.67. The molecule has 2 heterocycles. The molecule has 0 bridgehead atoms. The van der Waals surface area contributed by atoms with Crippen LogP contribution in [0.3, 0.4) is 0 Å². The number of nitrogens with zero attached hydrogens (tertiary/aromatic N) is 3. The highest BCUT2D eigenvalue weighted by molar-refractivity contribution is 5.82. The van der Waals surface area contributed by atoms with Crippen LogP contribution in [-0.2, 0) is 18.4 Å². The standard InChI is InChI=1S/C12H19N3O/c1-3-10-7-15(5-4-12(10)16)8-11-6-13-9-14(11)2/h6,9-10H,3-5,7-8H2,1-2H3. The van der Waals surface area contributed by atoms with Crippen molar-refractivity contribution in [3.05, 3.63) is 18.2 Å². The van der Waals surface area contributed by atoms with Gasteiger partial charge in [0.05, 0.1) is 12.0 Å². The number of likely N-dealkylation sites (tertiary alicyclic amines) is 1. The molecule has 1 aliphatic rings. The normalized spacial score (nSPS) is 22.6. The number of carbonyl (C=O) groups is 1. The van der Waals surface area contributed by atoms with Crippen LogP contribution in [0.2, 0.25) is 0 Å². The molecule has 1 atom stereocenters. The summed E-state index contributed by atoms with van der Waals surface area (Å²) in [4.78, 5) is 18.1. The van der Waals surface area contributed by atoms with Crippen LogP contribution in [-0.4, -0.2) is 33.3 Å². The SMILES string of the molecule is CCC1CN(Cc2cncn2C)CCC1=O. The summed E-state index contributed by atoms with van der Waals surface area (Å²) in [5.41, 5.74) is 1.21. The number of Topliss-reactive ketones (excluding diaryl/α,β-unsaturated/α-hetero) is 1. The number of ketones is 1. The number of aromatic nitrogens is 2. The van der Waals surface area contributed by atoms with E-state index in [1.165, 1.54) is 5.69 Å². The van der Waals surface area contributed by atoms with E-state index in [1.807, 2.05) is 24.1 Å². The molecule has 1 aromatic rings. The molecule has 88 valence electrons. The molecule has 1 aliphatic heterocycles. The molecule has 2 rings (SSSR count). The van der Waals surface area contributed by atoms with Gasteiger partial charge >= 0.3 is 0 Å². The van der Waals surface area contributed by atoms with E-state index in [9.17, 15) is 4.79 Å². The Hall–Kier alpha value is -1.16. The zero-order valence-corrected chi connectivity index (χ0v) is 10.0. The van der Waals surface area contributed by atoms with Crippen LogP contribution in [0.5, 0.6) is 0 Å². The Morgan fingerprint density at radius 2 is 2.38 bits per heavy atom. The van der Waals surface area contributed by atoms with Gasteiger partial charge in [-0.1, -0.05) is 6.92 Å². The first-order valence-corrected chi connectivity index (χ1v) is 5.91. The number of rotatable bonds is 3. The van der Waals surface area contributed by atoms with Gasteiger partial charge in [-0.25, -0.2) is 4.98 Å². The van der Waals surface area contributed by atoms with Gasteiger partial charge < -0.3 is 4.57 Å². The Labute approximate surface area is 96.3 Å². The summed E-state index contributed by atoms with van der Waals surface area (Å²) in [6.45, 7) is 4.79. The fourth-order valence-electron chi connectivity index (χ4n) is 2.24. The van der Waals surface area contributed by atoms with E-state index in [4.69, 9.17) is 0 Å². The van der Waals surface area contributed by atoms with Crippen molar-refractivity contribution < 1.29 is 4.79 Å². The van der Waals surface area contributed by atoms with E-state index in [-0.39, 0.29) is 5.92 Å². The fraction of sp³-hybridized carbons (Fsp3) is 0.667. The largest absolute Gasteiger partial charge is 0.337 e. The monoisotopic (exact) mass is 221 g/mol. The molecule has 0 amide bonds. The maximum Gasteiger partial charge on any atom is 0.138 e. The molecule has 0 saturated carbocycles. The third kappa shape index (κ3) is 2.32. The Kier molecular flexibility index (Phi) is 3.39. The van der Waals surface area contributed by atoms with Gasteiger partial charge in [-0.15, -0.1) is 0 Å². The Morgan fingerprint density at radius 3 is 3.00 bits per heavy atom. The van der Waals surface area contributed by atoms with Gasteiger partial charge in [0.2, 0.25) is 0 Å². The molecule has 0 N–H and O–H groups in total. The lowest BCUT2D eigenvalue weighted by atomic mass is 9.94. The van der Waals surface area contributed by atoms with Crippen LogP contribution >= 0.6 is 0 Å². The lowest BCUT2D eigenvalue weighted by Crippen LogP contribution is -2.40. The lowest BCUT2D eigenvalue weighted by molar-refractivity contribution is -0.126. The molecule has 4 nitrogen and oxygen atoms in total. The Bertz CT molecular complexity index is 372. The summed E-state index contributed by atoms with van der Waals surface area (Å²) in [7, 11) is 2.01. The molecule has 0 spiro atoms. The van der Waals surface area contributed by atoms with E-state index in [0.717, 1.165) is 26.1 Å². The number of hydrogen-bond donors (Lipinski definition) is 0. The summed E-state index contributed by atoms with van der Waals surface area (Å²) in [6, 6.07) is 0. The zero-order chi connectivity index (χ0) is 11.5. The molecule has 0 aliphatic carbocycles. The first kappa shape index (κ1) is 11.3. The van der Waals surface area contributed by atoms with Crippen LogP contribution in [0.25, 0.3) is 0 Å². The third-order valence-corrected chi connectivity index (χ3v) is 3.40. The van der Waals surface area contributed by atoms with Crippen molar-refractivity contribution in [3.63, 3.8) is 0 Å². The summed E-state index contributed by atoms with van der Waals surface area (Å²) in [5, 5.41) is 0. The van der Waals surface area contributed by atoms with Gasteiger partial charge in [0.15, 0.2) is 0 Å². The minimum Gasteiger partial charge on any atom is -0.337 e. The van der Waals surface area contributed by atoms with Crippen molar-refractivity contribution in [2.45, 2.75) is 26.3 Å². The van der Waals surface area contributed by atoms with Crippen molar-refractivity contribution in [1.29, 1.82) is 0 Å². The molecule has 1 aromatic heterocycles. The minimum absolute atomic E-state index is 0.238. The van der Waals surface area contributed by atoms with Crippen molar-refractivity contribution in [1.82, 2.24) is 14.5 Å². The van der Waals surface area contributed by atoms with Crippen LogP contribution in [0.4, 0.5) is 0 Å². The van der Waals surface area contributed by atoms with Gasteiger partial charge in [0, 0.05) is 45.2 Å². The van der Waals surface area contributed by atoms with Crippen molar-refractivity contribution in [2.24, 2.45) is 13.0 Å². The predicted molar refractivity (Wildman–Crippen MR) is 61.9 cm³/mol. The second-order valence-electron chi connectivity index (χ2n) is 4.55. The molecule has 1 fully saturated rings. The first-order chi connectivity index (χ1) is 7.70. The maximum atomic E-state index is 11.6. The molecule has 4 heteroatoms. The van der Waals surface area contributed by atoms with Gasteiger partial charge in [0.25, 0.3) is 0 Å². The fourth-order valence-corrected chi connectivity index (χ4v) is 2.24. The summed E-state index contributed by atoms with van der Waals surface area (Å²) in [6.07, 6.45) is 5.39. The van der Waals surface area contributed by atoms with Crippen LogP contribution in [0, 0.1) is 5.92 Å². The Morgan fingerprint density at radius 1 is 1.56 bits per heavy atom. The molecule has 1 saturated heterocycles. The van der Waals surface area contributed by atoms with Gasteiger partial charge in [-0.05, 0) is 6.42 Å². The topological polar surface area (TPSA) is 38.1 Å². The molecule has 16 heavy (non-hydrogen) atoms. The number of imidazole rings is 1. The lowest BCUT2D eigenvalue weighted by Gasteiger charge is -2.31. The van der Waals surface area contributed by atoms with Gasteiger partial charge in [0.1, 0.15) is 5.78 Å². The summed E-state index contributed by atoms with van der Waals surface area (Å²) >= 11 is 0. The number of aryl methyl sites for hydroxylation is 1. The van der Waals surface area contributed by atoms with Crippen molar-refractivity contribution in [3.8, 4) is 0 Å². The highest BCUT2D eigenvalue weighted by Gasteiger charge is 2.25.